The van der Waals surface area contributed by atoms with Crippen molar-refractivity contribution in [1.29, 1.82) is 0 Å². The third-order valence-corrected chi connectivity index (χ3v) is 20.9. The van der Waals surface area contributed by atoms with Crippen molar-refractivity contribution in [3.8, 4) is 11.8 Å². The van der Waals surface area contributed by atoms with E-state index in [9.17, 15) is 40.2 Å². The van der Waals surface area contributed by atoms with Crippen molar-refractivity contribution in [2.45, 2.75) is 147 Å². The van der Waals surface area contributed by atoms with E-state index in [1.807, 2.05) is 25.4 Å². The van der Waals surface area contributed by atoms with Gasteiger partial charge in [-0.05, 0) is 167 Å². The van der Waals surface area contributed by atoms with Gasteiger partial charge in [0.2, 0.25) is 0 Å². The SMILES string of the molecule is CC(=O)CNC1=C2C(CCC3(CCN=C(N)N)C4C(CC#CC(C5COC(=O)C5c5cc[nH]c5)C5CCC6C=C7CCC(C)CC7C5C6C(CO)CC(O)C4(C)O)CC23O)C2(C)CC(O)C(O)CC2C1=O. The number of cyclic esters (lactones) is 1. The number of ether oxygens (including phenoxy) is 1. The predicted molar refractivity (Wildman–Crippen MR) is 264 cm³/mol. The monoisotopic (exact) mass is 982 g/mol. The number of aromatic nitrogens is 1. The molecule has 1 aromatic heterocycles. The molecule has 10 rings (SSSR count). The summed E-state index contributed by atoms with van der Waals surface area (Å²) in [5.41, 5.74) is 8.98. The Kier molecular flexibility index (Phi) is 13.3. The lowest BCUT2D eigenvalue weighted by atomic mass is 9.44. The smallest absolute Gasteiger partial charge is 0.313 e. The number of fused-ring (bicyclic) bond motifs is 8. The van der Waals surface area contributed by atoms with Gasteiger partial charge in [0, 0.05) is 61.1 Å². The average Bonchev–Trinajstić information content (AvgIpc) is 4.04. The maximum absolute atomic E-state index is 15.1. The first-order chi connectivity index (χ1) is 33.7. The lowest BCUT2D eigenvalue weighted by molar-refractivity contribution is -0.191. The summed E-state index contributed by atoms with van der Waals surface area (Å²) in [7, 11) is 0. The fraction of sp³-hybridized carbons (Fsp3) is 0.750. The first kappa shape index (κ1) is 50.5. The Bertz CT molecular complexity index is 2400. The molecular formula is C56H79N5O10. The number of guanidine groups is 1. The van der Waals surface area contributed by atoms with Crippen LogP contribution in [0.2, 0.25) is 0 Å². The lowest BCUT2D eigenvalue weighted by Gasteiger charge is -2.62. The summed E-state index contributed by atoms with van der Waals surface area (Å²) in [4.78, 5) is 49.3. The number of ketones is 2. The van der Waals surface area contributed by atoms with Crippen LogP contribution in [0.25, 0.3) is 0 Å². The van der Waals surface area contributed by atoms with Gasteiger partial charge in [0.05, 0.1) is 54.3 Å². The van der Waals surface area contributed by atoms with E-state index in [1.54, 1.807) is 6.92 Å². The Hall–Kier alpha value is -4.04. The Balaban J connectivity index is 1.16. The average molecular weight is 982 g/mol. The molecule has 6 fully saturated rings. The number of aliphatic hydroxyl groups excluding tert-OH is 4. The van der Waals surface area contributed by atoms with Gasteiger partial charge in [0.25, 0.3) is 0 Å². The molecule has 1 aliphatic heterocycles. The van der Waals surface area contributed by atoms with Crippen LogP contribution >= 0.6 is 0 Å². The number of hydrogen-bond donors (Lipinski definition) is 10. The fourth-order valence-corrected chi connectivity index (χ4v) is 18.1. The van der Waals surface area contributed by atoms with Gasteiger partial charge in [-0.1, -0.05) is 31.4 Å². The van der Waals surface area contributed by atoms with Crippen molar-refractivity contribution in [3.05, 3.63) is 46.9 Å². The molecule has 2 heterocycles. The maximum Gasteiger partial charge on any atom is 0.313 e. The first-order valence-electron chi connectivity index (χ1n) is 26.9. The van der Waals surface area contributed by atoms with E-state index >= 15 is 4.79 Å². The number of aliphatic imine (C=N–C) groups is 1. The summed E-state index contributed by atoms with van der Waals surface area (Å²) in [6.45, 7) is 7.28. The van der Waals surface area contributed by atoms with Crippen LogP contribution in [0.4, 0.5) is 0 Å². The molecule has 5 saturated carbocycles. The molecule has 21 atom stereocenters. The minimum absolute atomic E-state index is 0.0255. The predicted octanol–water partition coefficient (Wildman–Crippen LogP) is 3.62. The first-order valence-corrected chi connectivity index (χ1v) is 26.9. The number of nitrogens with two attached hydrogens (primary N) is 2. The molecule has 12 N–H and O–H groups in total. The summed E-state index contributed by atoms with van der Waals surface area (Å²) >= 11 is 0. The molecule has 0 spiro atoms. The minimum Gasteiger partial charge on any atom is -0.465 e. The van der Waals surface area contributed by atoms with E-state index in [1.165, 1.54) is 12.5 Å². The van der Waals surface area contributed by atoms with Crippen LogP contribution in [-0.4, -0.2) is 115 Å². The normalized spacial score (nSPS) is 47.0. The fourth-order valence-electron chi connectivity index (χ4n) is 18.1. The number of carbonyl (C=O) groups is 3. The van der Waals surface area contributed by atoms with Gasteiger partial charge in [0.1, 0.15) is 5.78 Å². The second-order valence-corrected chi connectivity index (χ2v) is 24.6. The number of aromatic amines is 1. The second kappa shape index (κ2) is 18.7. The molecule has 9 aliphatic rings. The molecule has 0 radical (unpaired) electrons. The van der Waals surface area contributed by atoms with Gasteiger partial charge in [0.15, 0.2) is 11.7 Å². The molecule has 15 nitrogen and oxygen atoms in total. The summed E-state index contributed by atoms with van der Waals surface area (Å²) in [5, 5.41) is 78.0. The van der Waals surface area contributed by atoms with Gasteiger partial charge in [-0.25, -0.2) is 0 Å². The van der Waals surface area contributed by atoms with Gasteiger partial charge in [-0.3, -0.25) is 19.4 Å². The molecule has 21 unspecified atom stereocenters. The van der Waals surface area contributed by atoms with Crippen LogP contribution in [0.3, 0.4) is 0 Å². The lowest BCUT2D eigenvalue weighted by Crippen LogP contribution is -2.65. The van der Waals surface area contributed by atoms with Gasteiger partial charge in [-0.15, -0.1) is 5.92 Å². The molecular weight excluding hydrogens is 903 g/mol. The van der Waals surface area contributed by atoms with Crippen LogP contribution in [0, 0.1) is 99.6 Å². The van der Waals surface area contributed by atoms with Crippen LogP contribution in [0.15, 0.2) is 46.4 Å². The maximum atomic E-state index is 15.1. The van der Waals surface area contributed by atoms with E-state index in [0.717, 1.165) is 37.7 Å². The zero-order chi connectivity index (χ0) is 50.5. The van der Waals surface area contributed by atoms with Gasteiger partial charge in [-0.2, -0.15) is 0 Å². The molecule has 15 heteroatoms. The number of H-pyrrole nitrogens is 1. The largest absolute Gasteiger partial charge is 0.465 e. The number of esters is 1. The number of allylic oxidation sites excluding steroid dienone is 3. The molecule has 4 bridgehead atoms. The summed E-state index contributed by atoms with van der Waals surface area (Å²) < 4.78 is 5.98. The highest BCUT2D eigenvalue weighted by Gasteiger charge is 2.74. The molecule has 0 aromatic carbocycles. The van der Waals surface area contributed by atoms with Crippen molar-refractivity contribution in [2.24, 2.45) is 104 Å². The Labute approximate surface area is 418 Å². The highest BCUT2D eigenvalue weighted by molar-refractivity contribution is 6.00. The molecule has 8 aliphatic carbocycles. The topological polar surface area (TPSA) is 274 Å². The molecule has 71 heavy (non-hydrogen) atoms. The van der Waals surface area contributed by atoms with Crippen LogP contribution < -0.4 is 16.8 Å². The van der Waals surface area contributed by atoms with Crippen LogP contribution in [-0.2, 0) is 19.1 Å². The number of aliphatic hydroxyl groups is 6. The number of nitrogens with zero attached hydrogens (tertiary/aromatic N) is 1. The molecule has 1 saturated heterocycles. The van der Waals surface area contributed by atoms with Crippen molar-refractivity contribution < 1.29 is 49.8 Å². The zero-order valence-electron chi connectivity index (χ0n) is 42.1. The minimum atomic E-state index is -1.89. The van der Waals surface area contributed by atoms with Crippen molar-refractivity contribution >= 4 is 23.5 Å². The summed E-state index contributed by atoms with van der Waals surface area (Å²) in [6.07, 6.45) is 8.95. The van der Waals surface area contributed by atoms with E-state index < -0.39 is 75.9 Å². The number of rotatable bonds is 9. The number of nitrogens with one attached hydrogen (secondary N) is 2. The quantitative estimate of drug-likeness (QED) is 0.0558. The van der Waals surface area contributed by atoms with Crippen molar-refractivity contribution in [2.75, 3.05) is 26.3 Å². The molecule has 0 amide bonds. The van der Waals surface area contributed by atoms with E-state index in [2.05, 4.69) is 40.1 Å². The Morgan fingerprint density at radius 3 is 2.51 bits per heavy atom. The second-order valence-electron chi connectivity index (χ2n) is 24.6. The van der Waals surface area contributed by atoms with E-state index in [-0.39, 0.29) is 135 Å². The number of carbonyl (C=O) groups excluding carboxylic acids is 3. The van der Waals surface area contributed by atoms with Crippen LogP contribution in [0.1, 0.15) is 123 Å². The summed E-state index contributed by atoms with van der Waals surface area (Å²) in [6, 6.07) is 1.94. The van der Waals surface area contributed by atoms with Gasteiger partial charge >= 0.3 is 5.97 Å². The highest BCUT2D eigenvalue weighted by atomic mass is 16.5. The van der Waals surface area contributed by atoms with E-state index in [4.69, 9.17) is 16.2 Å². The standard InChI is InChI=1S/C56H79N5O10/c1-28-8-9-30-19-31-10-11-36-35(38-27-71-51(68)45(38)33-13-16-59-25-33)7-5-6-32-22-56(70)47-39(53(3)23-42(65)41(64)21-40(53)49(67)48(47)61-24-29(2)63)12-14-55(56,15-17-60-52(57)58)50(32)54(4,69)43(66)20-34(26-62)44(31)46(36)37(30)18-28/h13,16,19,25,28,31-32,34-46,50,59,61-62,64-66,69-70H,6,8-12,14-15,17-18,20-24,26-27H2,1-4H3,(H4,57,58,60). The zero-order valence-corrected chi connectivity index (χ0v) is 42.1. The Morgan fingerprint density at radius 1 is 1.00 bits per heavy atom. The third-order valence-electron chi connectivity index (χ3n) is 20.9. The van der Waals surface area contributed by atoms with Crippen molar-refractivity contribution in [3.63, 3.8) is 0 Å². The number of Topliss-reactive ketones (excluding diaryl/α,β-unsaturated/α-hetero) is 2. The molecule has 1 aromatic rings. The third kappa shape index (κ3) is 8.06. The summed E-state index contributed by atoms with van der Waals surface area (Å²) in [5.74, 6) is 3.51. The molecule has 388 valence electrons. The van der Waals surface area contributed by atoms with Crippen molar-refractivity contribution in [1.82, 2.24) is 10.3 Å². The van der Waals surface area contributed by atoms with Crippen LogP contribution in [0.5, 0.6) is 0 Å². The number of hydrogen-bond acceptors (Lipinski definition) is 12. The highest BCUT2D eigenvalue weighted by Crippen LogP contribution is 2.72. The Morgan fingerprint density at radius 2 is 1.79 bits per heavy atom. The van der Waals surface area contributed by atoms with E-state index in [0.29, 0.717) is 24.3 Å². The van der Waals surface area contributed by atoms with Gasteiger partial charge < -0.3 is 57.1 Å².